The third-order valence-electron chi connectivity index (χ3n) is 7.95. The Labute approximate surface area is 261 Å². The molecule has 4 aromatic rings. The Bertz CT molecular complexity index is 1630. The van der Waals surface area contributed by atoms with E-state index in [1.54, 1.807) is 15.8 Å². The molecule has 0 spiro atoms. The predicted octanol–water partition coefficient (Wildman–Crippen LogP) is 3.52. The van der Waals surface area contributed by atoms with Gasteiger partial charge < -0.3 is 29.7 Å². The van der Waals surface area contributed by atoms with Crippen LogP contribution in [0.1, 0.15) is 43.7 Å². The van der Waals surface area contributed by atoms with Crippen molar-refractivity contribution in [2.75, 3.05) is 57.2 Å². The second-order valence-corrected chi connectivity index (χ2v) is 11.0. The molecule has 2 amide bonds. The van der Waals surface area contributed by atoms with Crippen molar-refractivity contribution in [3.8, 4) is 0 Å². The molecule has 0 radical (unpaired) electrons. The predicted molar refractivity (Wildman–Crippen MR) is 170 cm³/mol. The Morgan fingerprint density at radius 2 is 1.96 bits per heavy atom. The lowest BCUT2D eigenvalue weighted by molar-refractivity contribution is 0.107. The van der Waals surface area contributed by atoms with Crippen LogP contribution in [0.5, 0.6) is 0 Å². The highest BCUT2D eigenvalue weighted by atomic mass is 16.5. The lowest BCUT2D eigenvalue weighted by atomic mass is 10.0. The van der Waals surface area contributed by atoms with Gasteiger partial charge in [0.15, 0.2) is 11.3 Å². The van der Waals surface area contributed by atoms with Crippen molar-refractivity contribution < 1.29 is 24.2 Å². The SMILES string of the molecule is CCCCN(CCO)c1nc(NC(=O)OC)nc2cn(Cc3ccc(CN[C@@H]4CCCN(C(=O)OC)C4)c4cccnc34)nc12. The molecule has 0 aliphatic carbocycles. The van der Waals surface area contributed by atoms with E-state index in [1.807, 2.05) is 17.2 Å². The van der Waals surface area contributed by atoms with E-state index in [0.29, 0.717) is 56.1 Å². The quantitative estimate of drug-likeness (QED) is 0.213. The first kappa shape index (κ1) is 31.9. The molecule has 1 saturated heterocycles. The number of ether oxygens (including phenoxy) is 2. The Hall–Kier alpha value is -4.56. The monoisotopic (exact) mass is 619 g/mol. The first-order chi connectivity index (χ1) is 21.9. The van der Waals surface area contributed by atoms with Crippen LogP contribution in [0, 0.1) is 0 Å². The third kappa shape index (κ3) is 7.57. The summed E-state index contributed by atoms with van der Waals surface area (Å²) < 4.78 is 11.5. The summed E-state index contributed by atoms with van der Waals surface area (Å²) >= 11 is 0. The Morgan fingerprint density at radius 1 is 1.11 bits per heavy atom. The van der Waals surface area contributed by atoms with Crippen LogP contribution < -0.4 is 15.5 Å². The van der Waals surface area contributed by atoms with Gasteiger partial charge in [-0.15, -0.1) is 0 Å². The lowest BCUT2D eigenvalue weighted by Crippen LogP contribution is -2.47. The van der Waals surface area contributed by atoms with Crippen molar-refractivity contribution >= 4 is 45.9 Å². The topological polar surface area (TPSA) is 160 Å². The van der Waals surface area contributed by atoms with Gasteiger partial charge in [-0.1, -0.05) is 31.5 Å². The molecule has 14 heteroatoms. The summed E-state index contributed by atoms with van der Waals surface area (Å²) in [5.41, 5.74) is 4.10. The maximum absolute atomic E-state index is 12.0. The third-order valence-corrected chi connectivity index (χ3v) is 7.95. The van der Waals surface area contributed by atoms with E-state index < -0.39 is 6.09 Å². The molecule has 0 bridgehead atoms. The maximum Gasteiger partial charge on any atom is 0.413 e. The molecule has 1 aliphatic rings. The second kappa shape index (κ2) is 14.9. The summed E-state index contributed by atoms with van der Waals surface area (Å²) in [5, 5.41) is 21.8. The molecule has 5 rings (SSSR count). The highest BCUT2D eigenvalue weighted by molar-refractivity contribution is 5.90. The van der Waals surface area contributed by atoms with E-state index in [2.05, 4.69) is 45.7 Å². The minimum Gasteiger partial charge on any atom is -0.453 e. The van der Waals surface area contributed by atoms with Crippen LogP contribution in [0.2, 0.25) is 0 Å². The molecule has 3 aromatic heterocycles. The molecule has 45 heavy (non-hydrogen) atoms. The normalized spacial score (nSPS) is 14.9. The number of unbranched alkanes of at least 4 members (excludes halogenated alkanes) is 1. The smallest absolute Gasteiger partial charge is 0.413 e. The van der Waals surface area contributed by atoms with Crippen molar-refractivity contribution in [3.05, 3.63) is 47.8 Å². The van der Waals surface area contributed by atoms with Crippen molar-refractivity contribution in [1.82, 2.24) is 34.9 Å². The zero-order chi connectivity index (χ0) is 31.8. The summed E-state index contributed by atoms with van der Waals surface area (Å²) in [6, 6.07) is 8.35. The number of nitrogens with zero attached hydrogens (tertiary/aromatic N) is 7. The number of likely N-dealkylation sites (tertiary alicyclic amines) is 1. The fourth-order valence-corrected chi connectivity index (χ4v) is 5.68. The number of piperidine rings is 1. The van der Waals surface area contributed by atoms with Crippen molar-refractivity contribution in [1.29, 1.82) is 0 Å². The van der Waals surface area contributed by atoms with Crippen LogP contribution in [0.25, 0.3) is 21.9 Å². The number of carbonyl (C=O) groups is 2. The molecule has 4 heterocycles. The average Bonchev–Trinajstić information content (AvgIpc) is 3.48. The minimum atomic E-state index is -0.675. The number of methoxy groups -OCH3 is 2. The number of aliphatic hydroxyl groups excluding tert-OH is 1. The fourth-order valence-electron chi connectivity index (χ4n) is 5.68. The molecule has 3 N–H and O–H groups in total. The van der Waals surface area contributed by atoms with Crippen LogP contribution >= 0.6 is 0 Å². The van der Waals surface area contributed by atoms with Gasteiger partial charge in [-0.25, -0.2) is 14.6 Å². The number of aliphatic hydroxyl groups is 1. The molecular weight excluding hydrogens is 578 g/mol. The lowest BCUT2D eigenvalue weighted by Gasteiger charge is -2.32. The molecule has 240 valence electrons. The second-order valence-electron chi connectivity index (χ2n) is 11.0. The number of hydrogen-bond donors (Lipinski definition) is 3. The van der Waals surface area contributed by atoms with Gasteiger partial charge in [0.25, 0.3) is 0 Å². The van der Waals surface area contributed by atoms with Crippen LogP contribution in [-0.2, 0) is 22.6 Å². The zero-order valence-electron chi connectivity index (χ0n) is 26.0. The molecule has 1 fully saturated rings. The molecule has 1 aromatic carbocycles. The molecule has 1 aliphatic heterocycles. The number of aromatic nitrogens is 5. The van der Waals surface area contributed by atoms with E-state index in [4.69, 9.17) is 19.6 Å². The van der Waals surface area contributed by atoms with Gasteiger partial charge in [-0.3, -0.25) is 15.0 Å². The first-order valence-electron chi connectivity index (χ1n) is 15.3. The average molecular weight is 620 g/mol. The van der Waals surface area contributed by atoms with Crippen molar-refractivity contribution in [3.63, 3.8) is 0 Å². The number of fused-ring (bicyclic) bond motifs is 2. The van der Waals surface area contributed by atoms with Crippen LogP contribution in [0.4, 0.5) is 21.4 Å². The first-order valence-corrected chi connectivity index (χ1v) is 15.3. The van der Waals surface area contributed by atoms with Gasteiger partial charge in [-0.2, -0.15) is 10.1 Å². The number of carbonyl (C=O) groups excluding carboxylic acids is 2. The standard InChI is InChI=1S/C31H41N9O5/c1-4-5-13-38(15-16-41)28-27-25(34-29(35-28)36-30(42)44-2)20-40(37-27)18-22-11-10-21(24-9-6-12-32-26(22)24)17-33-23-8-7-14-39(19-23)31(43)45-3/h6,9-12,20,23,33,41H,4-5,7-8,13-19H2,1-3H3,(H,34,36,42)/t23-/m1/s1. The summed E-state index contributed by atoms with van der Waals surface area (Å²) in [4.78, 5) is 41.5. The van der Waals surface area contributed by atoms with Gasteiger partial charge >= 0.3 is 12.2 Å². The number of benzene rings is 1. The highest BCUT2D eigenvalue weighted by Gasteiger charge is 2.24. The number of anilines is 2. The molecular formula is C31H41N9O5. The minimum absolute atomic E-state index is 0.0567. The number of nitrogens with one attached hydrogen (secondary N) is 2. The Balaban J connectivity index is 1.42. The summed E-state index contributed by atoms with van der Waals surface area (Å²) in [6.45, 7) is 5.47. The number of hydrogen-bond acceptors (Lipinski definition) is 11. The van der Waals surface area contributed by atoms with Gasteiger partial charge in [0, 0.05) is 50.3 Å². The van der Waals surface area contributed by atoms with E-state index in [1.165, 1.54) is 14.2 Å². The molecule has 1 atom stereocenters. The van der Waals surface area contributed by atoms with Gasteiger partial charge in [0.1, 0.15) is 5.52 Å². The van der Waals surface area contributed by atoms with Crippen molar-refractivity contribution in [2.24, 2.45) is 0 Å². The number of pyridine rings is 1. The summed E-state index contributed by atoms with van der Waals surface area (Å²) in [7, 11) is 2.69. The van der Waals surface area contributed by atoms with Gasteiger partial charge in [0.05, 0.1) is 39.1 Å². The number of amides is 2. The maximum atomic E-state index is 12.0. The Kier molecular flexibility index (Phi) is 10.6. The van der Waals surface area contributed by atoms with Gasteiger partial charge in [0.2, 0.25) is 5.95 Å². The summed E-state index contributed by atoms with van der Waals surface area (Å²) in [6.07, 6.45) is 6.42. The largest absolute Gasteiger partial charge is 0.453 e. The molecule has 0 saturated carbocycles. The fraction of sp³-hybridized carbons (Fsp3) is 0.484. The van der Waals surface area contributed by atoms with E-state index in [9.17, 15) is 14.7 Å². The van der Waals surface area contributed by atoms with Crippen LogP contribution in [0.15, 0.2) is 36.7 Å². The van der Waals surface area contributed by atoms with E-state index in [-0.39, 0.29) is 24.7 Å². The molecule has 0 unspecified atom stereocenters. The van der Waals surface area contributed by atoms with E-state index in [0.717, 1.165) is 47.7 Å². The zero-order valence-corrected chi connectivity index (χ0v) is 26.0. The van der Waals surface area contributed by atoms with E-state index >= 15 is 0 Å². The van der Waals surface area contributed by atoms with Crippen LogP contribution in [-0.4, -0.2) is 100.0 Å². The van der Waals surface area contributed by atoms with Gasteiger partial charge in [-0.05, 0) is 36.5 Å². The van der Waals surface area contributed by atoms with Crippen LogP contribution in [0.3, 0.4) is 0 Å². The highest BCUT2D eigenvalue weighted by Crippen LogP contribution is 2.27. The summed E-state index contributed by atoms with van der Waals surface area (Å²) in [5.74, 6) is 0.630. The molecule has 14 nitrogen and oxygen atoms in total. The number of rotatable bonds is 12. The van der Waals surface area contributed by atoms with Crippen molar-refractivity contribution in [2.45, 2.75) is 51.7 Å². The Morgan fingerprint density at radius 3 is 2.73 bits per heavy atom.